The zero-order chi connectivity index (χ0) is 28.2. The summed E-state index contributed by atoms with van der Waals surface area (Å²) in [6, 6.07) is 47.7. The molecule has 194 valence electrons. The van der Waals surface area contributed by atoms with E-state index in [4.69, 9.17) is 6.57 Å². The molecule has 0 saturated carbocycles. The molecule has 2 heterocycles. The van der Waals surface area contributed by atoms with Gasteiger partial charge in [0.05, 0.1) is 40.4 Å². The van der Waals surface area contributed by atoms with E-state index in [0.717, 1.165) is 60.5 Å². The molecule has 0 unspecified atom stereocenters. The molecule has 0 N–H and O–H groups in total. The van der Waals surface area contributed by atoms with Crippen LogP contribution in [-0.4, -0.2) is 9.13 Å². The highest BCUT2D eigenvalue weighted by atomic mass is 15.0. The summed E-state index contributed by atoms with van der Waals surface area (Å²) < 4.78 is 4.56. The molecule has 4 heteroatoms. The standard InChI is InChI=1S/C38H22N4/c1-40-31-18-11-12-25(24-39)36(31)37-35(42-33-20-9-5-15-27(33)28-16-6-10-21-34(28)42)23-22-30-29-17-7-8-19-32(29)41(38(30)37)26-13-3-2-4-14-26/h2-23H. The van der Waals surface area contributed by atoms with Gasteiger partial charge in [-0.25, -0.2) is 4.85 Å². The predicted octanol–water partition coefficient (Wildman–Crippen LogP) is 9.97. The van der Waals surface area contributed by atoms with E-state index in [0.29, 0.717) is 16.8 Å². The van der Waals surface area contributed by atoms with E-state index in [2.05, 4.69) is 117 Å². The van der Waals surface area contributed by atoms with E-state index >= 15 is 0 Å². The zero-order valence-corrected chi connectivity index (χ0v) is 22.5. The van der Waals surface area contributed by atoms with E-state index in [-0.39, 0.29) is 0 Å². The first-order chi connectivity index (χ1) is 20.8. The van der Waals surface area contributed by atoms with Gasteiger partial charge in [0.25, 0.3) is 0 Å². The van der Waals surface area contributed by atoms with E-state index in [1.165, 1.54) is 0 Å². The Morgan fingerprint density at radius 1 is 0.524 bits per heavy atom. The van der Waals surface area contributed by atoms with Crippen molar-refractivity contribution in [3.8, 4) is 28.6 Å². The number of aromatic nitrogens is 2. The lowest BCUT2D eigenvalue weighted by Gasteiger charge is -2.19. The average Bonchev–Trinajstić information content (AvgIpc) is 3.57. The fraction of sp³-hybridized carbons (Fsp3) is 0. The van der Waals surface area contributed by atoms with Crippen molar-refractivity contribution in [2.45, 2.75) is 0 Å². The van der Waals surface area contributed by atoms with Crippen LogP contribution in [0.1, 0.15) is 5.56 Å². The van der Waals surface area contributed by atoms with Gasteiger partial charge >= 0.3 is 0 Å². The fourth-order valence-corrected chi connectivity index (χ4v) is 6.50. The van der Waals surface area contributed by atoms with Gasteiger partial charge in [-0.15, -0.1) is 0 Å². The second kappa shape index (κ2) is 9.24. The van der Waals surface area contributed by atoms with Gasteiger partial charge in [0, 0.05) is 43.9 Å². The Morgan fingerprint density at radius 2 is 1.10 bits per heavy atom. The first kappa shape index (κ1) is 23.8. The number of hydrogen-bond donors (Lipinski definition) is 0. The summed E-state index contributed by atoms with van der Waals surface area (Å²) in [5.74, 6) is 0. The lowest BCUT2D eigenvalue weighted by molar-refractivity contribution is 1.16. The third-order valence-corrected chi connectivity index (χ3v) is 8.18. The van der Waals surface area contributed by atoms with E-state index in [9.17, 15) is 5.26 Å². The monoisotopic (exact) mass is 534 g/mol. The maximum Gasteiger partial charge on any atom is 0.196 e. The molecule has 2 aromatic heterocycles. The molecule has 8 rings (SSSR count). The van der Waals surface area contributed by atoms with Crippen LogP contribution in [0, 0.1) is 17.9 Å². The summed E-state index contributed by atoms with van der Waals surface area (Å²) in [7, 11) is 0. The van der Waals surface area contributed by atoms with Gasteiger partial charge in [-0.3, -0.25) is 0 Å². The molecule has 0 radical (unpaired) electrons. The SMILES string of the molecule is [C-]#[N+]c1cccc(C#N)c1-c1c(-n2c3ccccc3c3ccccc32)ccc2c3ccccc3n(-c3ccccc3)c12. The minimum Gasteiger partial charge on any atom is -0.309 e. The molecule has 0 aliphatic rings. The summed E-state index contributed by atoms with van der Waals surface area (Å²) in [4.78, 5) is 3.95. The van der Waals surface area contributed by atoms with Crippen LogP contribution in [0.3, 0.4) is 0 Å². The lowest BCUT2D eigenvalue weighted by atomic mass is 9.94. The van der Waals surface area contributed by atoms with E-state index in [1.54, 1.807) is 6.07 Å². The van der Waals surface area contributed by atoms with Crippen molar-refractivity contribution < 1.29 is 0 Å². The molecule has 0 spiro atoms. The lowest BCUT2D eigenvalue weighted by Crippen LogP contribution is -2.02. The van der Waals surface area contributed by atoms with Crippen LogP contribution in [-0.2, 0) is 0 Å². The van der Waals surface area contributed by atoms with Gasteiger partial charge < -0.3 is 9.13 Å². The molecule has 0 saturated heterocycles. The fourth-order valence-electron chi connectivity index (χ4n) is 6.50. The van der Waals surface area contributed by atoms with Gasteiger partial charge in [0.2, 0.25) is 0 Å². The quantitative estimate of drug-likeness (QED) is 0.208. The maximum absolute atomic E-state index is 10.4. The summed E-state index contributed by atoms with van der Waals surface area (Å²) in [5, 5.41) is 14.9. The largest absolute Gasteiger partial charge is 0.309 e. The van der Waals surface area contributed by atoms with Gasteiger partial charge in [-0.2, -0.15) is 5.26 Å². The highest BCUT2D eigenvalue weighted by Gasteiger charge is 2.25. The third kappa shape index (κ3) is 3.27. The van der Waals surface area contributed by atoms with E-state index in [1.807, 2.05) is 30.3 Å². The maximum atomic E-state index is 10.4. The number of fused-ring (bicyclic) bond motifs is 6. The first-order valence-electron chi connectivity index (χ1n) is 13.8. The molecule has 6 aromatic carbocycles. The molecular weight excluding hydrogens is 512 g/mol. The van der Waals surface area contributed by atoms with Crippen molar-refractivity contribution in [1.29, 1.82) is 5.26 Å². The number of rotatable bonds is 3. The van der Waals surface area contributed by atoms with Crippen LogP contribution >= 0.6 is 0 Å². The zero-order valence-electron chi connectivity index (χ0n) is 22.5. The molecule has 0 amide bonds. The van der Waals surface area contributed by atoms with Crippen molar-refractivity contribution in [2.24, 2.45) is 0 Å². The second-order valence-electron chi connectivity index (χ2n) is 10.3. The van der Waals surface area contributed by atoms with Crippen LogP contribution in [0.4, 0.5) is 5.69 Å². The third-order valence-electron chi connectivity index (χ3n) is 8.18. The van der Waals surface area contributed by atoms with Crippen LogP contribution in [0.2, 0.25) is 0 Å². The van der Waals surface area contributed by atoms with Gasteiger partial charge in [0.1, 0.15) is 0 Å². The van der Waals surface area contributed by atoms with Crippen molar-refractivity contribution in [1.82, 2.24) is 9.13 Å². The van der Waals surface area contributed by atoms with Crippen LogP contribution < -0.4 is 0 Å². The highest BCUT2D eigenvalue weighted by Crippen LogP contribution is 2.47. The summed E-state index contributed by atoms with van der Waals surface area (Å²) in [6.07, 6.45) is 0. The Hall–Kier alpha value is -6.10. The Kier molecular flexibility index (Phi) is 5.22. The normalized spacial score (nSPS) is 11.3. The van der Waals surface area contributed by atoms with Crippen LogP contribution in [0.25, 0.3) is 71.0 Å². The van der Waals surface area contributed by atoms with Crippen molar-refractivity contribution in [2.75, 3.05) is 0 Å². The number of nitrogens with zero attached hydrogens (tertiary/aromatic N) is 4. The Balaban J connectivity index is 1.68. The molecule has 4 nitrogen and oxygen atoms in total. The van der Waals surface area contributed by atoms with Crippen LogP contribution in [0.5, 0.6) is 0 Å². The molecule has 0 aliphatic carbocycles. The van der Waals surface area contributed by atoms with Crippen molar-refractivity contribution in [3.63, 3.8) is 0 Å². The molecule has 0 aliphatic heterocycles. The minimum atomic E-state index is 0.452. The number of benzene rings is 6. The van der Waals surface area contributed by atoms with Crippen molar-refractivity contribution >= 4 is 49.3 Å². The predicted molar refractivity (Wildman–Crippen MR) is 172 cm³/mol. The molecular formula is C38H22N4. The number of para-hydroxylation sites is 4. The molecule has 0 fully saturated rings. The average molecular weight is 535 g/mol. The highest BCUT2D eigenvalue weighted by molar-refractivity contribution is 6.18. The first-order valence-corrected chi connectivity index (χ1v) is 13.8. The summed E-state index contributed by atoms with van der Waals surface area (Å²) in [6.45, 7) is 8.15. The molecule has 42 heavy (non-hydrogen) atoms. The van der Waals surface area contributed by atoms with Gasteiger partial charge in [-0.1, -0.05) is 91.0 Å². The number of nitriles is 1. The Morgan fingerprint density at radius 3 is 1.71 bits per heavy atom. The minimum absolute atomic E-state index is 0.452. The van der Waals surface area contributed by atoms with Crippen molar-refractivity contribution in [3.05, 3.63) is 150 Å². The summed E-state index contributed by atoms with van der Waals surface area (Å²) >= 11 is 0. The summed E-state index contributed by atoms with van der Waals surface area (Å²) in [5.41, 5.74) is 8.56. The Labute approximate surface area is 242 Å². The molecule has 0 bridgehead atoms. The molecule has 8 aromatic rings. The Bertz CT molecular complexity index is 2340. The second-order valence-corrected chi connectivity index (χ2v) is 10.3. The van der Waals surface area contributed by atoms with Gasteiger partial charge in [0.15, 0.2) is 5.69 Å². The topological polar surface area (TPSA) is 38.0 Å². The van der Waals surface area contributed by atoms with E-state index < -0.39 is 0 Å². The van der Waals surface area contributed by atoms with Gasteiger partial charge in [-0.05, 0) is 42.5 Å². The number of hydrogen-bond acceptors (Lipinski definition) is 1. The molecule has 0 atom stereocenters. The smallest absolute Gasteiger partial charge is 0.196 e. The van der Waals surface area contributed by atoms with Crippen LogP contribution in [0.15, 0.2) is 133 Å².